The summed E-state index contributed by atoms with van der Waals surface area (Å²) < 4.78 is 19.5. The van der Waals surface area contributed by atoms with Crippen molar-refractivity contribution in [3.8, 4) is 5.75 Å². The van der Waals surface area contributed by atoms with Gasteiger partial charge in [-0.1, -0.05) is 41.1 Å². The third kappa shape index (κ3) is 2.79. The van der Waals surface area contributed by atoms with E-state index in [9.17, 15) is 9.46 Å². The SMILES string of the molecule is C[n+]1cc(P(=O)(O)Oc2ccccc2)c2ccccc2n1. The molecule has 0 aliphatic rings. The van der Waals surface area contributed by atoms with E-state index in [4.69, 9.17) is 4.52 Å². The Morgan fingerprint density at radius 2 is 1.76 bits per heavy atom. The fourth-order valence-corrected chi connectivity index (χ4v) is 3.43. The van der Waals surface area contributed by atoms with Crippen LogP contribution >= 0.6 is 7.60 Å². The van der Waals surface area contributed by atoms with E-state index in [1.165, 1.54) is 10.9 Å². The van der Waals surface area contributed by atoms with Crippen LogP contribution < -0.4 is 14.5 Å². The van der Waals surface area contributed by atoms with E-state index in [2.05, 4.69) is 5.10 Å². The van der Waals surface area contributed by atoms with Crippen molar-refractivity contribution in [2.45, 2.75) is 0 Å². The van der Waals surface area contributed by atoms with Gasteiger partial charge in [0.05, 0.1) is 0 Å². The Hall–Kier alpha value is -2.23. The topological polar surface area (TPSA) is 63.3 Å². The first-order valence-electron chi connectivity index (χ1n) is 6.40. The number of benzene rings is 2. The summed E-state index contributed by atoms with van der Waals surface area (Å²) in [7, 11) is -2.29. The molecule has 0 spiro atoms. The van der Waals surface area contributed by atoms with Crippen LogP contribution in [-0.2, 0) is 11.6 Å². The van der Waals surface area contributed by atoms with Crippen LogP contribution in [0.25, 0.3) is 10.9 Å². The predicted octanol–water partition coefficient (Wildman–Crippen LogP) is 1.95. The lowest BCUT2D eigenvalue weighted by atomic mass is 10.2. The maximum atomic E-state index is 12.6. The average molecular weight is 301 g/mol. The smallest absolute Gasteiger partial charge is 0.415 e. The van der Waals surface area contributed by atoms with Crippen LogP contribution in [0.15, 0.2) is 60.8 Å². The Kier molecular flexibility index (Phi) is 3.45. The molecule has 1 unspecified atom stereocenters. The second-order valence-electron chi connectivity index (χ2n) is 4.63. The minimum Gasteiger partial charge on any atom is -0.421 e. The molecule has 0 amide bonds. The van der Waals surface area contributed by atoms with Gasteiger partial charge in [0.25, 0.3) is 0 Å². The second-order valence-corrected chi connectivity index (χ2v) is 6.34. The Morgan fingerprint density at radius 3 is 2.52 bits per heavy atom. The molecule has 0 saturated carbocycles. The number of rotatable bonds is 3. The van der Waals surface area contributed by atoms with E-state index in [-0.39, 0.29) is 5.30 Å². The highest BCUT2D eigenvalue weighted by Crippen LogP contribution is 2.42. The Morgan fingerprint density at radius 1 is 1.10 bits per heavy atom. The van der Waals surface area contributed by atoms with Gasteiger partial charge < -0.3 is 9.42 Å². The second kappa shape index (κ2) is 5.28. The Bertz CT molecular complexity index is 837. The van der Waals surface area contributed by atoms with Crippen LogP contribution in [0.2, 0.25) is 0 Å². The fraction of sp³-hybridized carbons (Fsp3) is 0.0667. The third-order valence-corrected chi connectivity index (χ3v) is 4.45. The lowest BCUT2D eigenvalue weighted by Gasteiger charge is -2.13. The summed E-state index contributed by atoms with van der Waals surface area (Å²) in [5.74, 6) is 0.354. The van der Waals surface area contributed by atoms with Crippen molar-refractivity contribution < 1.29 is 18.7 Å². The summed E-state index contributed by atoms with van der Waals surface area (Å²) in [5, 5.41) is 5.13. The summed E-state index contributed by atoms with van der Waals surface area (Å²) in [6.07, 6.45) is 1.52. The molecule has 0 bridgehead atoms. The molecule has 21 heavy (non-hydrogen) atoms. The van der Waals surface area contributed by atoms with Crippen molar-refractivity contribution in [2.24, 2.45) is 7.05 Å². The lowest BCUT2D eigenvalue weighted by Crippen LogP contribution is -2.37. The summed E-state index contributed by atoms with van der Waals surface area (Å²) >= 11 is 0. The van der Waals surface area contributed by atoms with E-state index in [1.54, 1.807) is 49.5 Å². The molecule has 0 aliphatic heterocycles. The highest BCUT2D eigenvalue weighted by Gasteiger charge is 2.30. The number of nitrogens with zero attached hydrogens (tertiary/aromatic N) is 2. The van der Waals surface area contributed by atoms with Crippen LogP contribution in [0, 0.1) is 0 Å². The van der Waals surface area contributed by atoms with Gasteiger partial charge in [0.15, 0.2) is 12.4 Å². The predicted molar refractivity (Wildman–Crippen MR) is 79.4 cm³/mol. The van der Waals surface area contributed by atoms with Gasteiger partial charge in [-0.15, -0.1) is 0 Å². The Balaban J connectivity index is 2.12. The van der Waals surface area contributed by atoms with E-state index in [0.717, 1.165) is 0 Å². The molecule has 1 N–H and O–H groups in total. The quantitative estimate of drug-likeness (QED) is 0.593. The number of aromatic nitrogens is 2. The van der Waals surface area contributed by atoms with Crippen LogP contribution in [0.5, 0.6) is 5.75 Å². The summed E-state index contributed by atoms with van der Waals surface area (Å²) in [5.41, 5.74) is 0.642. The minimum absolute atomic E-state index is 0.236. The highest BCUT2D eigenvalue weighted by atomic mass is 31.2. The molecule has 3 aromatic rings. The highest BCUT2D eigenvalue weighted by molar-refractivity contribution is 7.62. The van der Waals surface area contributed by atoms with E-state index < -0.39 is 7.60 Å². The number of hydrogen-bond acceptors (Lipinski definition) is 3. The number of para-hydroxylation sites is 1. The molecule has 106 valence electrons. The zero-order chi connectivity index (χ0) is 14.9. The van der Waals surface area contributed by atoms with Crippen LogP contribution in [0.3, 0.4) is 0 Å². The van der Waals surface area contributed by atoms with Gasteiger partial charge in [0.1, 0.15) is 11.3 Å². The van der Waals surface area contributed by atoms with Crippen molar-refractivity contribution in [1.82, 2.24) is 5.10 Å². The molecular formula is C15H14N2O3P+. The van der Waals surface area contributed by atoms with Crippen LogP contribution in [0.1, 0.15) is 0 Å². The van der Waals surface area contributed by atoms with Gasteiger partial charge in [-0.3, -0.25) is 0 Å². The minimum atomic E-state index is -4.00. The summed E-state index contributed by atoms with van der Waals surface area (Å²) in [6, 6.07) is 15.8. The first-order chi connectivity index (χ1) is 10.1. The molecule has 1 aromatic heterocycles. The van der Waals surface area contributed by atoms with Gasteiger partial charge in [-0.05, 0) is 23.3 Å². The third-order valence-electron chi connectivity index (χ3n) is 3.03. The maximum absolute atomic E-state index is 12.6. The van der Waals surface area contributed by atoms with Crippen molar-refractivity contribution in [3.05, 3.63) is 60.8 Å². The molecule has 3 rings (SSSR count). The normalized spacial score (nSPS) is 13.8. The maximum Gasteiger partial charge on any atom is 0.415 e. The molecule has 1 atom stereocenters. The molecule has 5 nitrogen and oxygen atoms in total. The average Bonchev–Trinajstić information content (AvgIpc) is 2.47. The molecule has 0 radical (unpaired) electrons. The van der Waals surface area contributed by atoms with Gasteiger partial charge >= 0.3 is 7.60 Å². The standard InChI is InChI=1S/C15H13N2O3P/c1-17-11-15(13-9-5-6-10-14(13)16-17)21(18,19)20-12-7-3-2-4-8-12/h2-11H,1H3/p+1. The Labute approximate surface area is 122 Å². The molecule has 0 fully saturated rings. The van der Waals surface area contributed by atoms with Crippen molar-refractivity contribution in [2.75, 3.05) is 0 Å². The van der Waals surface area contributed by atoms with Gasteiger partial charge in [-0.2, -0.15) is 0 Å². The van der Waals surface area contributed by atoms with Crippen LogP contribution in [0.4, 0.5) is 0 Å². The van der Waals surface area contributed by atoms with E-state index >= 15 is 0 Å². The lowest BCUT2D eigenvalue weighted by molar-refractivity contribution is -0.727. The molecule has 0 aliphatic carbocycles. The first-order valence-corrected chi connectivity index (χ1v) is 7.98. The first kappa shape index (κ1) is 13.7. The number of aryl methyl sites for hydroxylation is 1. The monoisotopic (exact) mass is 301 g/mol. The van der Waals surface area contributed by atoms with Crippen molar-refractivity contribution >= 4 is 23.8 Å². The van der Waals surface area contributed by atoms with Gasteiger partial charge in [0, 0.05) is 5.39 Å². The summed E-state index contributed by atoms with van der Waals surface area (Å²) in [4.78, 5) is 10.4. The number of hydrogen-bond donors (Lipinski definition) is 1. The molecule has 2 aromatic carbocycles. The zero-order valence-electron chi connectivity index (χ0n) is 11.4. The largest absolute Gasteiger partial charge is 0.421 e. The van der Waals surface area contributed by atoms with Crippen molar-refractivity contribution in [3.63, 3.8) is 0 Å². The zero-order valence-corrected chi connectivity index (χ0v) is 12.3. The van der Waals surface area contributed by atoms with Gasteiger partial charge in [0.2, 0.25) is 6.20 Å². The van der Waals surface area contributed by atoms with Gasteiger partial charge in [-0.25, -0.2) is 4.57 Å². The van der Waals surface area contributed by atoms with Crippen LogP contribution in [-0.4, -0.2) is 9.99 Å². The molecule has 0 saturated heterocycles. The van der Waals surface area contributed by atoms with E-state index in [0.29, 0.717) is 16.7 Å². The molecular weight excluding hydrogens is 287 g/mol. The summed E-state index contributed by atoms with van der Waals surface area (Å²) in [6.45, 7) is 0. The molecule has 1 heterocycles. The number of fused-ring (bicyclic) bond motifs is 1. The fourth-order valence-electron chi connectivity index (χ4n) is 2.12. The molecule has 6 heteroatoms. The van der Waals surface area contributed by atoms with Crippen molar-refractivity contribution in [1.29, 1.82) is 0 Å². The van der Waals surface area contributed by atoms with E-state index in [1.807, 2.05) is 12.1 Å².